The van der Waals surface area contributed by atoms with Crippen LogP contribution in [-0.4, -0.2) is 35.9 Å². The molecule has 0 spiro atoms. The molecular weight excluding hydrogens is 228 g/mol. The third-order valence-corrected chi connectivity index (χ3v) is 3.72. The molecule has 0 saturated carbocycles. The average molecular weight is 250 g/mol. The first-order chi connectivity index (χ1) is 8.63. The number of hydrogen-bond acceptors (Lipinski definition) is 4. The highest BCUT2D eigenvalue weighted by molar-refractivity contribution is 5.41. The van der Waals surface area contributed by atoms with E-state index in [1.54, 1.807) is 7.11 Å². The predicted octanol–water partition coefficient (Wildman–Crippen LogP) is 1.36. The zero-order chi connectivity index (χ0) is 13.1. The summed E-state index contributed by atoms with van der Waals surface area (Å²) >= 11 is 0. The number of methoxy groups -OCH3 is 1. The summed E-state index contributed by atoms with van der Waals surface area (Å²) in [5, 5.41) is 13.5. The number of nitrogens with one attached hydrogen (secondary N) is 1. The lowest BCUT2D eigenvalue weighted by Gasteiger charge is -2.19. The van der Waals surface area contributed by atoms with E-state index in [0.29, 0.717) is 6.42 Å². The molecule has 0 aromatic carbocycles. The van der Waals surface area contributed by atoms with Crippen LogP contribution < -0.4 is 10.1 Å². The Labute approximate surface area is 108 Å². The van der Waals surface area contributed by atoms with Crippen molar-refractivity contribution in [1.82, 2.24) is 10.3 Å². The maximum atomic E-state index is 10.2. The zero-order valence-corrected chi connectivity index (χ0v) is 11.4. The maximum Gasteiger partial charge on any atom is 0.128 e. The van der Waals surface area contributed by atoms with Gasteiger partial charge >= 0.3 is 0 Å². The first kappa shape index (κ1) is 13.3. The van der Waals surface area contributed by atoms with Crippen LogP contribution in [0.15, 0.2) is 6.20 Å². The summed E-state index contributed by atoms with van der Waals surface area (Å²) in [5.74, 6) is 0.881. The van der Waals surface area contributed by atoms with E-state index in [-0.39, 0.29) is 12.1 Å². The zero-order valence-electron chi connectivity index (χ0n) is 11.4. The SMILES string of the molecule is COc1c(C)cnc(CC(O)C2CCCN2)c1C. The summed E-state index contributed by atoms with van der Waals surface area (Å²) in [7, 11) is 1.67. The number of hydrogen-bond donors (Lipinski definition) is 2. The van der Waals surface area contributed by atoms with E-state index >= 15 is 0 Å². The largest absolute Gasteiger partial charge is 0.496 e. The van der Waals surface area contributed by atoms with Crippen LogP contribution in [0.5, 0.6) is 5.75 Å². The highest BCUT2D eigenvalue weighted by Gasteiger charge is 2.24. The maximum absolute atomic E-state index is 10.2. The second-order valence-electron chi connectivity index (χ2n) is 5.02. The quantitative estimate of drug-likeness (QED) is 0.847. The molecule has 1 aliphatic rings. The van der Waals surface area contributed by atoms with Gasteiger partial charge in [-0.2, -0.15) is 0 Å². The molecular formula is C14H22N2O2. The van der Waals surface area contributed by atoms with Crippen LogP contribution in [0.25, 0.3) is 0 Å². The fourth-order valence-corrected chi connectivity index (χ4v) is 2.66. The molecule has 2 heterocycles. The molecule has 4 heteroatoms. The Morgan fingerprint density at radius 3 is 2.94 bits per heavy atom. The molecule has 0 amide bonds. The molecule has 100 valence electrons. The molecule has 18 heavy (non-hydrogen) atoms. The van der Waals surface area contributed by atoms with Crippen LogP contribution in [0, 0.1) is 13.8 Å². The Kier molecular flexibility index (Phi) is 4.19. The number of aromatic nitrogens is 1. The predicted molar refractivity (Wildman–Crippen MR) is 71.0 cm³/mol. The van der Waals surface area contributed by atoms with E-state index in [1.165, 1.54) is 0 Å². The van der Waals surface area contributed by atoms with Crippen LogP contribution in [0.4, 0.5) is 0 Å². The Balaban J connectivity index is 2.13. The summed E-state index contributed by atoms with van der Waals surface area (Å²) in [5.41, 5.74) is 3.00. The minimum absolute atomic E-state index is 0.207. The molecule has 2 unspecified atom stereocenters. The summed E-state index contributed by atoms with van der Waals surface area (Å²) in [6.07, 6.45) is 4.22. The molecule has 0 aliphatic carbocycles. The van der Waals surface area contributed by atoms with Gasteiger partial charge in [-0.1, -0.05) is 0 Å². The fourth-order valence-electron chi connectivity index (χ4n) is 2.66. The topological polar surface area (TPSA) is 54.4 Å². The van der Waals surface area contributed by atoms with E-state index in [2.05, 4.69) is 10.3 Å². The van der Waals surface area contributed by atoms with Gasteiger partial charge < -0.3 is 15.2 Å². The van der Waals surface area contributed by atoms with Crippen molar-refractivity contribution in [3.05, 3.63) is 23.0 Å². The molecule has 2 atom stereocenters. The molecule has 0 radical (unpaired) electrons. The highest BCUT2D eigenvalue weighted by atomic mass is 16.5. The molecule has 2 N–H and O–H groups in total. The van der Waals surface area contributed by atoms with Gasteiger partial charge in [-0.05, 0) is 33.2 Å². The van der Waals surface area contributed by atoms with Crippen LogP contribution >= 0.6 is 0 Å². The van der Waals surface area contributed by atoms with Crippen molar-refractivity contribution in [1.29, 1.82) is 0 Å². The van der Waals surface area contributed by atoms with E-state index in [0.717, 1.165) is 42.0 Å². The van der Waals surface area contributed by atoms with Crippen LogP contribution in [0.1, 0.15) is 29.7 Å². The number of nitrogens with zero attached hydrogens (tertiary/aromatic N) is 1. The Morgan fingerprint density at radius 1 is 1.56 bits per heavy atom. The number of pyridine rings is 1. The number of ether oxygens (including phenoxy) is 1. The first-order valence-electron chi connectivity index (χ1n) is 6.54. The van der Waals surface area contributed by atoms with E-state index in [4.69, 9.17) is 4.74 Å². The molecule has 0 bridgehead atoms. The van der Waals surface area contributed by atoms with E-state index in [1.807, 2.05) is 20.0 Å². The molecule has 1 aliphatic heterocycles. The average Bonchev–Trinajstić information content (AvgIpc) is 2.87. The molecule has 2 rings (SSSR count). The first-order valence-corrected chi connectivity index (χ1v) is 6.54. The molecule has 1 aromatic rings. The standard InChI is InChI=1S/C14H22N2O2/c1-9-8-16-12(10(2)14(9)18-3)7-13(17)11-5-4-6-15-11/h8,11,13,15,17H,4-7H2,1-3H3. The van der Waals surface area contributed by atoms with Crippen molar-refractivity contribution in [2.45, 2.75) is 45.3 Å². The van der Waals surface area contributed by atoms with Crippen LogP contribution in [0.3, 0.4) is 0 Å². The summed E-state index contributed by atoms with van der Waals surface area (Å²) in [4.78, 5) is 4.43. The van der Waals surface area contributed by atoms with Gasteiger partial charge in [0.25, 0.3) is 0 Å². The Hall–Kier alpha value is -1.13. The fraction of sp³-hybridized carbons (Fsp3) is 0.643. The summed E-state index contributed by atoms with van der Waals surface area (Å²) in [6.45, 7) is 4.99. The Bertz CT molecular complexity index is 415. The molecule has 1 saturated heterocycles. The molecule has 1 aromatic heterocycles. The third kappa shape index (κ3) is 2.65. The summed E-state index contributed by atoms with van der Waals surface area (Å²) < 4.78 is 5.39. The van der Waals surface area contributed by atoms with Gasteiger partial charge in [0, 0.05) is 35.5 Å². The Morgan fingerprint density at radius 2 is 2.33 bits per heavy atom. The van der Waals surface area contributed by atoms with Crippen LogP contribution in [-0.2, 0) is 6.42 Å². The number of rotatable bonds is 4. The van der Waals surface area contributed by atoms with Gasteiger partial charge in [-0.25, -0.2) is 0 Å². The number of aryl methyl sites for hydroxylation is 1. The van der Waals surface area contributed by atoms with Crippen molar-refractivity contribution in [2.24, 2.45) is 0 Å². The lowest BCUT2D eigenvalue weighted by molar-refractivity contribution is 0.134. The monoisotopic (exact) mass is 250 g/mol. The minimum Gasteiger partial charge on any atom is -0.496 e. The molecule has 4 nitrogen and oxygen atoms in total. The smallest absolute Gasteiger partial charge is 0.128 e. The van der Waals surface area contributed by atoms with E-state index in [9.17, 15) is 5.11 Å². The van der Waals surface area contributed by atoms with Gasteiger partial charge in [-0.3, -0.25) is 4.98 Å². The van der Waals surface area contributed by atoms with Gasteiger partial charge in [0.15, 0.2) is 0 Å². The lowest BCUT2D eigenvalue weighted by Crippen LogP contribution is -2.36. The third-order valence-electron chi connectivity index (χ3n) is 3.72. The van der Waals surface area contributed by atoms with Gasteiger partial charge in [0.2, 0.25) is 0 Å². The second-order valence-corrected chi connectivity index (χ2v) is 5.02. The second kappa shape index (κ2) is 5.67. The van der Waals surface area contributed by atoms with Crippen molar-refractivity contribution < 1.29 is 9.84 Å². The van der Waals surface area contributed by atoms with Crippen LogP contribution in [0.2, 0.25) is 0 Å². The van der Waals surface area contributed by atoms with E-state index < -0.39 is 0 Å². The van der Waals surface area contributed by atoms with Gasteiger partial charge in [0.05, 0.1) is 13.2 Å². The van der Waals surface area contributed by atoms with Crippen molar-refractivity contribution in [2.75, 3.05) is 13.7 Å². The molecule has 1 fully saturated rings. The van der Waals surface area contributed by atoms with Crippen molar-refractivity contribution in [3.8, 4) is 5.75 Å². The normalized spacial score (nSPS) is 21.0. The van der Waals surface area contributed by atoms with Gasteiger partial charge in [-0.15, -0.1) is 0 Å². The number of aliphatic hydroxyl groups is 1. The minimum atomic E-state index is -0.369. The van der Waals surface area contributed by atoms with Crippen molar-refractivity contribution in [3.63, 3.8) is 0 Å². The highest BCUT2D eigenvalue weighted by Crippen LogP contribution is 2.25. The number of aliphatic hydroxyl groups excluding tert-OH is 1. The lowest BCUT2D eigenvalue weighted by atomic mass is 10.0. The summed E-state index contributed by atoms with van der Waals surface area (Å²) in [6, 6.07) is 0.207. The van der Waals surface area contributed by atoms with Gasteiger partial charge in [0.1, 0.15) is 5.75 Å². The van der Waals surface area contributed by atoms with Crippen molar-refractivity contribution >= 4 is 0 Å².